The van der Waals surface area contributed by atoms with E-state index in [1.807, 2.05) is 6.20 Å². The van der Waals surface area contributed by atoms with E-state index < -0.39 is 0 Å². The molecule has 3 rings (SSSR count). The highest BCUT2D eigenvalue weighted by molar-refractivity contribution is 5.85. The minimum absolute atomic E-state index is 0. The van der Waals surface area contributed by atoms with E-state index in [1.165, 1.54) is 5.56 Å². The lowest BCUT2D eigenvalue weighted by Gasteiger charge is -2.23. The maximum atomic E-state index is 5.95. The summed E-state index contributed by atoms with van der Waals surface area (Å²) in [7, 11) is 0. The van der Waals surface area contributed by atoms with Crippen molar-refractivity contribution in [1.82, 2.24) is 20.3 Å². The Morgan fingerprint density at radius 2 is 1.80 bits per heavy atom. The molecular weight excluding hydrogens is 274 g/mol. The summed E-state index contributed by atoms with van der Waals surface area (Å²) >= 11 is 0. The fraction of sp³-hybridized carbons (Fsp3) is 0.357. The molecule has 0 aromatic carbocycles. The number of rotatable bonds is 2. The highest BCUT2D eigenvalue weighted by Gasteiger charge is 2.17. The van der Waals surface area contributed by atoms with Crippen molar-refractivity contribution in [1.29, 1.82) is 0 Å². The average molecular weight is 292 g/mol. The van der Waals surface area contributed by atoms with Gasteiger partial charge in [-0.05, 0) is 49.5 Å². The number of piperidine rings is 1. The van der Waals surface area contributed by atoms with Gasteiger partial charge in [-0.25, -0.2) is 15.0 Å². The Hall–Kier alpha value is -1.72. The molecule has 0 saturated carbocycles. The van der Waals surface area contributed by atoms with E-state index in [0.717, 1.165) is 31.5 Å². The van der Waals surface area contributed by atoms with E-state index in [4.69, 9.17) is 5.73 Å². The summed E-state index contributed by atoms with van der Waals surface area (Å²) in [6.07, 6.45) is 7.61. The van der Waals surface area contributed by atoms with Gasteiger partial charge < -0.3 is 11.1 Å². The molecule has 0 spiro atoms. The quantitative estimate of drug-likeness (QED) is 0.885. The number of hydrogen-bond donors (Lipinski definition) is 2. The predicted octanol–water partition coefficient (Wildman–Crippen LogP) is 2.01. The van der Waals surface area contributed by atoms with E-state index in [0.29, 0.717) is 17.6 Å². The van der Waals surface area contributed by atoms with Gasteiger partial charge in [-0.1, -0.05) is 0 Å². The van der Waals surface area contributed by atoms with Crippen LogP contribution < -0.4 is 11.1 Å². The molecule has 0 aliphatic carbocycles. The first kappa shape index (κ1) is 14.7. The lowest BCUT2D eigenvalue weighted by Crippen LogP contribution is -2.26. The molecule has 2 aromatic heterocycles. The van der Waals surface area contributed by atoms with E-state index in [2.05, 4.69) is 26.3 Å². The van der Waals surface area contributed by atoms with E-state index in [1.54, 1.807) is 18.5 Å². The van der Waals surface area contributed by atoms with Crippen LogP contribution in [0, 0.1) is 0 Å². The molecule has 3 heterocycles. The minimum Gasteiger partial charge on any atom is -0.383 e. The Morgan fingerprint density at radius 1 is 1.10 bits per heavy atom. The van der Waals surface area contributed by atoms with Crippen molar-refractivity contribution >= 4 is 18.2 Å². The molecule has 0 amide bonds. The number of nitrogens with one attached hydrogen (secondary N) is 1. The zero-order chi connectivity index (χ0) is 13.1. The maximum absolute atomic E-state index is 5.95. The molecule has 20 heavy (non-hydrogen) atoms. The van der Waals surface area contributed by atoms with Gasteiger partial charge in [-0.15, -0.1) is 12.4 Å². The van der Waals surface area contributed by atoms with Crippen molar-refractivity contribution in [2.24, 2.45) is 0 Å². The molecule has 1 aliphatic heterocycles. The van der Waals surface area contributed by atoms with Crippen molar-refractivity contribution in [3.8, 4) is 11.4 Å². The van der Waals surface area contributed by atoms with Gasteiger partial charge in [-0.2, -0.15) is 0 Å². The average Bonchev–Trinajstić information content (AvgIpc) is 2.49. The SMILES string of the molecule is Cl.Nc1ncc(C2CCNCC2)cc1-c1ncccn1. The minimum atomic E-state index is 0. The summed E-state index contributed by atoms with van der Waals surface area (Å²) in [6.45, 7) is 2.12. The Kier molecular flexibility index (Phi) is 4.87. The lowest BCUT2D eigenvalue weighted by molar-refractivity contribution is 0.460. The van der Waals surface area contributed by atoms with Gasteiger partial charge in [0.25, 0.3) is 0 Å². The fourth-order valence-corrected chi connectivity index (χ4v) is 2.49. The van der Waals surface area contributed by atoms with Gasteiger partial charge in [-0.3, -0.25) is 0 Å². The molecule has 106 valence electrons. The van der Waals surface area contributed by atoms with Crippen LogP contribution in [-0.4, -0.2) is 28.0 Å². The summed E-state index contributed by atoms with van der Waals surface area (Å²) in [6, 6.07) is 3.89. The van der Waals surface area contributed by atoms with Crippen LogP contribution in [-0.2, 0) is 0 Å². The van der Waals surface area contributed by atoms with E-state index in [-0.39, 0.29) is 12.4 Å². The van der Waals surface area contributed by atoms with Gasteiger partial charge in [0, 0.05) is 18.6 Å². The molecule has 2 aromatic rings. The highest BCUT2D eigenvalue weighted by atomic mass is 35.5. The number of pyridine rings is 1. The fourth-order valence-electron chi connectivity index (χ4n) is 2.49. The van der Waals surface area contributed by atoms with Crippen LogP contribution in [0.5, 0.6) is 0 Å². The number of anilines is 1. The first-order valence-corrected chi connectivity index (χ1v) is 6.58. The number of hydrogen-bond acceptors (Lipinski definition) is 5. The second-order valence-electron chi connectivity index (χ2n) is 4.80. The second kappa shape index (κ2) is 6.63. The Bertz CT molecular complexity index is 555. The number of nitrogen functional groups attached to an aromatic ring is 1. The van der Waals surface area contributed by atoms with Gasteiger partial charge >= 0.3 is 0 Å². The van der Waals surface area contributed by atoms with Gasteiger partial charge in [0.05, 0.1) is 5.56 Å². The second-order valence-corrected chi connectivity index (χ2v) is 4.80. The van der Waals surface area contributed by atoms with Crippen LogP contribution in [0.1, 0.15) is 24.3 Å². The van der Waals surface area contributed by atoms with Crippen LogP contribution in [0.3, 0.4) is 0 Å². The highest BCUT2D eigenvalue weighted by Crippen LogP contribution is 2.29. The third-order valence-corrected chi connectivity index (χ3v) is 3.56. The summed E-state index contributed by atoms with van der Waals surface area (Å²) in [5.74, 6) is 1.68. The van der Waals surface area contributed by atoms with Crippen LogP contribution in [0.2, 0.25) is 0 Å². The van der Waals surface area contributed by atoms with Crippen molar-refractivity contribution < 1.29 is 0 Å². The molecule has 0 unspecified atom stereocenters. The van der Waals surface area contributed by atoms with E-state index >= 15 is 0 Å². The Morgan fingerprint density at radius 3 is 2.50 bits per heavy atom. The van der Waals surface area contributed by atoms with Crippen LogP contribution in [0.15, 0.2) is 30.7 Å². The molecular formula is C14H18ClN5. The van der Waals surface area contributed by atoms with E-state index in [9.17, 15) is 0 Å². The number of halogens is 1. The zero-order valence-electron chi connectivity index (χ0n) is 11.1. The van der Waals surface area contributed by atoms with Gasteiger partial charge in [0.2, 0.25) is 0 Å². The first-order chi connectivity index (χ1) is 9.34. The summed E-state index contributed by atoms with van der Waals surface area (Å²) in [4.78, 5) is 12.8. The molecule has 0 atom stereocenters. The standard InChI is InChI=1S/C14H17N5.ClH/c15-13-12(14-17-4-1-5-18-14)8-11(9-19-13)10-2-6-16-7-3-10;/h1,4-5,8-10,16H,2-3,6-7H2,(H2,15,19);1H. The molecule has 0 radical (unpaired) electrons. The molecule has 1 saturated heterocycles. The van der Waals surface area contributed by atoms with Crippen molar-refractivity contribution in [3.05, 3.63) is 36.3 Å². The lowest BCUT2D eigenvalue weighted by atomic mass is 9.90. The number of aromatic nitrogens is 3. The smallest absolute Gasteiger partial charge is 0.162 e. The molecule has 1 fully saturated rings. The summed E-state index contributed by atoms with van der Waals surface area (Å²) in [5, 5.41) is 3.37. The zero-order valence-corrected chi connectivity index (χ0v) is 11.9. The van der Waals surface area contributed by atoms with Crippen LogP contribution in [0.25, 0.3) is 11.4 Å². The Balaban J connectivity index is 0.00000147. The molecule has 1 aliphatic rings. The van der Waals surface area contributed by atoms with Crippen LogP contribution in [0.4, 0.5) is 5.82 Å². The monoisotopic (exact) mass is 291 g/mol. The number of nitrogens with zero attached hydrogens (tertiary/aromatic N) is 3. The molecule has 0 bridgehead atoms. The third kappa shape index (κ3) is 3.05. The number of nitrogens with two attached hydrogens (primary N) is 1. The predicted molar refractivity (Wildman–Crippen MR) is 81.8 cm³/mol. The molecule has 6 heteroatoms. The maximum Gasteiger partial charge on any atom is 0.162 e. The van der Waals surface area contributed by atoms with Gasteiger partial charge in [0.15, 0.2) is 5.82 Å². The van der Waals surface area contributed by atoms with Crippen molar-refractivity contribution in [2.45, 2.75) is 18.8 Å². The largest absolute Gasteiger partial charge is 0.383 e. The topological polar surface area (TPSA) is 76.7 Å². The summed E-state index contributed by atoms with van der Waals surface area (Å²) in [5.41, 5.74) is 8.01. The molecule has 5 nitrogen and oxygen atoms in total. The van der Waals surface area contributed by atoms with Crippen LogP contribution >= 0.6 is 12.4 Å². The van der Waals surface area contributed by atoms with Crippen molar-refractivity contribution in [3.63, 3.8) is 0 Å². The molecule has 3 N–H and O–H groups in total. The normalized spacial score (nSPS) is 15.6. The Labute approximate surface area is 124 Å². The van der Waals surface area contributed by atoms with Gasteiger partial charge in [0.1, 0.15) is 5.82 Å². The third-order valence-electron chi connectivity index (χ3n) is 3.56. The summed E-state index contributed by atoms with van der Waals surface area (Å²) < 4.78 is 0. The van der Waals surface area contributed by atoms with Crippen molar-refractivity contribution in [2.75, 3.05) is 18.8 Å². The first-order valence-electron chi connectivity index (χ1n) is 6.58.